The van der Waals surface area contributed by atoms with Crippen LogP contribution in [0.4, 0.5) is 17.6 Å². The molecular formula is C17H24BrF4N3OS. The Balaban J connectivity index is 3.52. The molecule has 0 heterocycles. The third-order valence-electron chi connectivity index (χ3n) is 3.57. The minimum Gasteiger partial charge on any atom is -0.598 e. The van der Waals surface area contributed by atoms with Gasteiger partial charge in [0.25, 0.3) is 0 Å². The summed E-state index contributed by atoms with van der Waals surface area (Å²) in [5.74, 6) is 0. The second-order valence-electron chi connectivity index (χ2n) is 7.28. The SMILES string of the molecule is CN(C)N=C(CC(CF)(N[S+]([O-])C(C)(C)C)c1cccc(Br)c1)C(F)(F)F. The number of alkyl halides is 4. The lowest BCUT2D eigenvalue weighted by atomic mass is 9.86. The molecule has 0 aliphatic heterocycles. The first-order valence-corrected chi connectivity index (χ1v) is 9.99. The Bertz CT molecular complexity index is 664. The third kappa shape index (κ3) is 6.92. The molecule has 154 valence electrons. The van der Waals surface area contributed by atoms with Crippen molar-refractivity contribution in [1.82, 2.24) is 9.73 Å². The highest BCUT2D eigenvalue weighted by atomic mass is 79.9. The van der Waals surface area contributed by atoms with Gasteiger partial charge in [-0.1, -0.05) is 28.1 Å². The van der Waals surface area contributed by atoms with Crippen LogP contribution in [0.25, 0.3) is 0 Å². The standard InChI is InChI=1S/C17H24BrF4N3OS/c1-15(2,3)27(26)24-16(11-19,12-7-6-8-13(18)9-12)10-14(17(20,21)22)23-25(4)5/h6-9,24H,10-11H2,1-5H3. The van der Waals surface area contributed by atoms with Crippen molar-refractivity contribution in [2.75, 3.05) is 20.8 Å². The Kier molecular flexibility index (Phi) is 8.16. The van der Waals surface area contributed by atoms with Crippen LogP contribution in [-0.2, 0) is 16.9 Å². The number of hydrogen-bond acceptors (Lipinski definition) is 4. The van der Waals surface area contributed by atoms with Gasteiger partial charge in [0.15, 0.2) is 0 Å². The first kappa shape index (κ1) is 24.2. The fourth-order valence-electron chi connectivity index (χ4n) is 2.18. The molecule has 0 amide bonds. The lowest BCUT2D eigenvalue weighted by Crippen LogP contribution is -2.54. The molecule has 4 nitrogen and oxygen atoms in total. The molecule has 0 fully saturated rings. The number of benzene rings is 1. The zero-order valence-corrected chi connectivity index (χ0v) is 18.2. The van der Waals surface area contributed by atoms with Gasteiger partial charge in [0, 0.05) is 36.4 Å². The average molecular weight is 474 g/mol. The molecule has 2 unspecified atom stereocenters. The number of nitrogens with zero attached hydrogens (tertiary/aromatic N) is 2. The van der Waals surface area contributed by atoms with E-state index in [1.807, 2.05) is 0 Å². The van der Waals surface area contributed by atoms with Crippen molar-refractivity contribution in [2.24, 2.45) is 5.10 Å². The molecule has 2 atom stereocenters. The molecule has 1 aromatic rings. The number of hydrogen-bond donors (Lipinski definition) is 1. The summed E-state index contributed by atoms with van der Waals surface area (Å²) < 4.78 is 69.9. The maximum Gasteiger partial charge on any atom is 0.431 e. The predicted octanol–water partition coefficient (Wildman–Crippen LogP) is 4.54. The van der Waals surface area contributed by atoms with Gasteiger partial charge >= 0.3 is 6.18 Å². The van der Waals surface area contributed by atoms with E-state index in [1.165, 1.54) is 26.2 Å². The summed E-state index contributed by atoms with van der Waals surface area (Å²) in [7, 11) is 2.70. The molecule has 0 aliphatic rings. The van der Waals surface area contributed by atoms with Crippen molar-refractivity contribution in [3.8, 4) is 0 Å². The number of nitrogens with one attached hydrogen (secondary N) is 1. The molecule has 0 bridgehead atoms. The van der Waals surface area contributed by atoms with Crippen LogP contribution in [0.15, 0.2) is 33.8 Å². The molecule has 27 heavy (non-hydrogen) atoms. The Morgan fingerprint density at radius 3 is 2.26 bits per heavy atom. The number of hydrazone groups is 1. The molecule has 1 rings (SSSR count). The van der Waals surface area contributed by atoms with Crippen molar-refractivity contribution in [2.45, 2.75) is 43.7 Å². The van der Waals surface area contributed by atoms with E-state index >= 15 is 0 Å². The van der Waals surface area contributed by atoms with Gasteiger partial charge in [-0.2, -0.15) is 18.3 Å². The van der Waals surface area contributed by atoms with E-state index in [1.54, 1.807) is 32.9 Å². The van der Waals surface area contributed by atoms with Crippen LogP contribution in [0.3, 0.4) is 0 Å². The lowest BCUT2D eigenvalue weighted by molar-refractivity contribution is -0.0630. The molecule has 0 radical (unpaired) electrons. The van der Waals surface area contributed by atoms with Gasteiger partial charge in [0.2, 0.25) is 0 Å². The summed E-state index contributed by atoms with van der Waals surface area (Å²) in [5.41, 5.74) is -2.78. The largest absolute Gasteiger partial charge is 0.598 e. The van der Waals surface area contributed by atoms with E-state index in [-0.39, 0.29) is 5.56 Å². The van der Waals surface area contributed by atoms with Crippen LogP contribution in [0.5, 0.6) is 0 Å². The van der Waals surface area contributed by atoms with Gasteiger partial charge in [0.1, 0.15) is 22.7 Å². The van der Waals surface area contributed by atoms with Crippen molar-refractivity contribution in [1.29, 1.82) is 0 Å². The highest BCUT2D eigenvalue weighted by Gasteiger charge is 2.47. The van der Waals surface area contributed by atoms with Gasteiger partial charge < -0.3 is 9.56 Å². The lowest BCUT2D eigenvalue weighted by Gasteiger charge is -2.36. The Labute approximate surface area is 168 Å². The monoisotopic (exact) mass is 473 g/mol. The number of halogens is 5. The van der Waals surface area contributed by atoms with Crippen LogP contribution >= 0.6 is 15.9 Å². The van der Waals surface area contributed by atoms with E-state index in [0.29, 0.717) is 4.47 Å². The summed E-state index contributed by atoms with van der Waals surface area (Å²) in [4.78, 5) is 0. The summed E-state index contributed by atoms with van der Waals surface area (Å²) in [6.07, 6.45) is -5.58. The predicted molar refractivity (Wildman–Crippen MR) is 105 cm³/mol. The topological polar surface area (TPSA) is 50.7 Å². The molecule has 10 heteroatoms. The van der Waals surface area contributed by atoms with E-state index in [9.17, 15) is 22.1 Å². The number of rotatable bonds is 7. The maximum atomic E-state index is 14.3. The van der Waals surface area contributed by atoms with Gasteiger partial charge in [0.05, 0.1) is 0 Å². The smallest absolute Gasteiger partial charge is 0.431 e. The fourth-order valence-corrected chi connectivity index (χ4v) is 3.49. The Hall–Kier alpha value is -0.840. The molecule has 0 spiro atoms. The van der Waals surface area contributed by atoms with E-state index in [0.717, 1.165) is 5.01 Å². The highest BCUT2D eigenvalue weighted by Crippen LogP contribution is 2.35. The van der Waals surface area contributed by atoms with Gasteiger partial charge in [-0.3, -0.25) is 0 Å². The zero-order chi connectivity index (χ0) is 21.0. The van der Waals surface area contributed by atoms with Crippen molar-refractivity contribution < 1.29 is 22.1 Å². The van der Waals surface area contributed by atoms with Crippen molar-refractivity contribution >= 4 is 33.0 Å². The normalized spacial score (nSPS) is 16.8. The van der Waals surface area contributed by atoms with Gasteiger partial charge in [-0.05, 0) is 38.5 Å². The van der Waals surface area contributed by atoms with Crippen LogP contribution in [0.1, 0.15) is 32.8 Å². The third-order valence-corrected chi connectivity index (χ3v) is 5.75. The molecule has 0 saturated heterocycles. The van der Waals surface area contributed by atoms with Crippen LogP contribution < -0.4 is 4.72 Å². The first-order valence-electron chi connectivity index (χ1n) is 8.05. The summed E-state index contributed by atoms with van der Waals surface area (Å²) in [6.45, 7) is 3.75. The average Bonchev–Trinajstić information content (AvgIpc) is 2.51. The highest BCUT2D eigenvalue weighted by molar-refractivity contribution is 9.10. The molecule has 1 N–H and O–H groups in total. The molecule has 1 aromatic carbocycles. The second-order valence-corrected chi connectivity index (χ2v) is 10.2. The quantitative estimate of drug-likeness (QED) is 0.273. The van der Waals surface area contributed by atoms with Crippen molar-refractivity contribution in [3.05, 3.63) is 34.3 Å². The molecule has 0 aliphatic carbocycles. The molecule has 0 saturated carbocycles. The fraction of sp³-hybridized carbons (Fsp3) is 0.588. The Morgan fingerprint density at radius 1 is 1.26 bits per heavy atom. The second kappa shape index (κ2) is 9.11. The zero-order valence-electron chi connectivity index (χ0n) is 15.8. The minimum absolute atomic E-state index is 0.243. The Morgan fingerprint density at radius 2 is 1.85 bits per heavy atom. The maximum absolute atomic E-state index is 14.3. The molecular weight excluding hydrogens is 450 g/mol. The van der Waals surface area contributed by atoms with E-state index < -0.39 is 46.6 Å². The summed E-state index contributed by atoms with van der Waals surface area (Å²) in [5, 5.41) is 4.51. The minimum atomic E-state index is -4.76. The summed E-state index contributed by atoms with van der Waals surface area (Å²) >= 11 is 1.44. The van der Waals surface area contributed by atoms with Crippen LogP contribution in [-0.4, -0.2) is 47.0 Å². The van der Waals surface area contributed by atoms with E-state index in [2.05, 4.69) is 25.8 Å². The summed E-state index contributed by atoms with van der Waals surface area (Å²) in [6, 6.07) is 6.27. The van der Waals surface area contributed by atoms with Crippen LogP contribution in [0.2, 0.25) is 0 Å². The van der Waals surface area contributed by atoms with Crippen LogP contribution in [0, 0.1) is 0 Å². The molecule has 0 aromatic heterocycles. The van der Waals surface area contributed by atoms with Gasteiger partial charge in [-0.25, -0.2) is 4.39 Å². The van der Waals surface area contributed by atoms with Crippen molar-refractivity contribution in [3.63, 3.8) is 0 Å². The van der Waals surface area contributed by atoms with Gasteiger partial charge in [-0.15, -0.1) is 4.72 Å². The first-order chi connectivity index (χ1) is 12.2. The van der Waals surface area contributed by atoms with E-state index in [4.69, 9.17) is 0 Å².